The number of piperidine rings is 1. The van der Waals surface area contributed by atoms with E-state index >= 15 is 0 Å². The van der Waals surface area contributed by atoms with Crippen LogP contribution >= 0.6 is 0 Å². The summed E-state index contributed by atoms with van der Waals surface area (Å²) < 4.78 is 0. The molecule has 2 fully saturated rings. The lowest BCUT2D eigenvalue weighted by molar-refractivity contribution is 0.0923. The van der Waals surface area contributed by atoms with Crippen molar-refractivity contribution in [2.24, 2.45) is 5.73 Å². The van der Waals surface area contributed by atoms with Crippen molar-refractivity contribution in [2.45, 2.75) is 50.4 Å². The number of hydrogen-bond acceptors (Lipinski definition) is 5. The molecule has 2 aromatic carbocycles. The van der Waals surface area contributed by atoms with E-state index in [-0.39, 0.29) is 29.9 Å². The van der Waals surface area contributed by atoms with E-state index in [4.69, 9.17) is 5.73 Å². The summed E-state index contributed by atoms with van der Waals surface area (Å²) in [7, 11) is 0. The molecule has 2 atom stereocenters. The van der Waals surface area contributed by atoms with Gasteiger partial charge in [0, 0.05) is 42.0 Å². The third-order valence-electron chi connectivity index (χ3n) is 7.07. The standard InChI is InChI=1S/C28H29N5O3/c29-26(34)19-6-8-20(9-7-19)28(36)32-22-14-23-11-12-24(15-22)33(23)25-13-10-21(17-30-25)27(35)31-16-18-4-2-1-3-5-18/h1-10,13,17,22-24H,11-12,14-16H2,(H2,29,34)(H,31,35)(H,32,36). The molecule has 0 aliphatic carbocycles. The summed E-state index contributed by atoms with van der Waals surface area (Å²) >= 11 is 0. The molecule has 3 aromatic rings. The Morgan fingerprint density at radius 3 is 2.08 bits per heavy atom. The maximum absolute atomic E-state index is 12.7. The molecule has 3 amide bonds. The van der Waals surface area contributed by atoms with Crippen LogP contribution in [0, 0.1) is 0 Å². The highest BCUT2D eigenvalue weighted by Gasteiger charge is 2.41. The van der Waals surface area contributed by atoms with E-state index in [1.54, 1.807) is 30.5 Å². The molecule has 0 saturated carbocycles. The van der Waals surface area contributed by atoms with Gasteiger partial charge in [-0.1, -0.05) is 30.3 Å². The van der Waals surface area contributed by atoms with Gasteiger partial charge in [0.2, 0.25) is 5.91 Å². The summed E-state index contributed by atoms with van der Waals surface area (Å²) in [6, 6.07) is 20.6. The van der Waals surface area contributed by atoms with E-state index in [0.29, 0.717) is 23.2 Å². The number of benzene rings is 2. The van der Waals surface area contributed by atoms with Gasteiger partial charge in [0.15, 0.2) is 0 Å². The lowest BCUT2D eigenvalue weighted by Gasteiger charge is -2.40. The fraction of sp³-hybridized carbons (Fsp3) is 0.286. The van der Waals surface area contributed by atoms with Crippen LogP contribution in [0.1, 0.15) is 62.3 Å². The molecule has 2 aliphatic rings. The first kappa shape index (κ1) is 23.5. The SMILES string of the molecule is NC(=O)c1ccc(C(=O)NC2CC3CCC(C2)N3c2ccc(C(=O)NCc3ccccc3)cn2)cc1. The Labute approximate surface area is 209 Å². The average molecular weight is 484 g/mol. The van der Waals surface area contributed by atoms with Gasteiger partial charge in [-0.2, -0.15) is 0 Å². The lowest BCUT2D eigenvalue weighted by Crippen LogP contribution is -2.50. The van der Waals surface area contributed by atoms with E-state index in [1.807, 2.05) is 42.5 Å². The number of pyridine rings is 1. The summed E-state index contributed by atoms with van der Waals surface area (Å²) in [4.78, 5) is 43.5. The minimum absolute atomic E-state index is 0.0742. The third kappa shape index (κ3) is 5.07. The predicted molar refractivity (Wildman–Crippen MR) is 137 cm³/mol. The van der Waals surface area contributed by atoms with Crippen molar-refractivity contribution in [1.82, 2.24) is 15.6 Å². The molecule has 2 bridgehead atoms. The van der Waals surface area contributed by atoms with Crippen LogP contribution in [0.2, 0.25) is 0 Å². The second kappa shape index (κ2) is 10.2. The van der Waals surface area contributed by atoms with Crippen molar-refractivity contribution < 1.29 is 14.4 Å². The minimum Gasteiger partial charge on any atom is -0.366 e. The molecule has 3 heterocycles. The molecule has 0 radical (unpaired) electrons. The molecule has 36 heavy (non-hydrogen) atoms. The monoisotopic (exact) mass is 483 g/mol. The number of primary amides is 1. The highest BCUT2D eigenvalue weighted by Crippen LogP contribution is 2.38. The molecule has 1 aromatic heterocycles. The average Bonchev–Trinajstić information content (AvgIpc) is 3.17. The van der Waals surface area contributed by atoms with E-state index < -0.39 is 5.91 Å². The van der Waals surface area contributed by atoms with Gasteiger partial charge in [-0.05, 0) is 67.6 Å². The molecule has 2 saturated heterocycles. The van der Waals surface area contributed by atoms with Gasteiger partial charge in [-0.25, -0.2) is 4.98 Å². The molecule has 8 nitrogen and oxygen atoms in total. The van der Waals surface area contributed by atoms with Crippen LogP contribution in [0.25, 0.3) is 0 Å². The molecule has 5 rings (SSSR count). The van der Waals surface area contributed by atoms with Crippen molar-refractivity contribution in [3.63, 3.8) is 0 Å². The third-order valence-corrected chi connectivity index (χ3v) is 7.07. The van der Waals surface area contributed by atoms with E-state index in [1.165, 1.54) is 0 Å². The Balaban J connectivity index is 1.18. The number of rotatable bonds is 7. The number of fused-ring (bicyclic) bond motifs is 2. The van der Waals surface area contributed by atoms with Crippen molar-refractivity contribution in [2.75, 3.05) is 4.90 Å². The highest BCUT2D eigenvalue weighted by molar-refractivity contribution is 5.97. The van der Waals surface area contributed by atoms with Crippen molar-refractivity contribution in [1.29, 1.82) is 0 Å². The van der Waals surface area contributed by atoms with Crippen LogP contribution in [0.15, 0.2) is 72.9 Å². The van der Waals surface area contributed by atoms with Crippen LogP contribution < -0.4 is 21.3 Å². The van der Waals surface area contributed by atoms with Gasteiger partial charge in [-0.15, -0.1) is 0 Å². The first-order valence-corrected chi connectivity index (χ1v) is 12.2. The highest BCUT2D eigenvalue weighted by atomic mass is 16.2. The summed E-state index contributed by atoms with van der Waals surface area (Å²) in [5.41, 5.74) is 7.75. The lowest BCUT2D eigenvalue weighted by atomic mass is 9.96. The Morgan fingerprint density at radius 2 is 1.47 bits per heavy atom. The number of anilines is 1. The molecule has 8 heteroatoms. The molecule has 184 valence electrons. The summed E-state index contributed by atoms with van der Waals surface area (Å²) in [6.07, 6.45) is 5.40. The zero-order valence-corrected chi connectivity index (χ0v) is 19.9. The smallest absolute Gasteiger partial charge is 0.253 e. The van der Waals surface area contributed by atoms with E-state index in [2.05, 4.69) is 20.5 Å². The first-order valence-electron chi connectivity index (χ1n) is 12.2. The zero-order valence-electron chi connectivity index (χ0n) is 19.9. The second-order valence-corrected chi connectivity index (χ2v) is 9.45. The largest absolute Gasteiger partial charge is 0.366 e. The maximum atomic E-state index is 12.7. The number of carbonyl (C=O) groups excluding carboxylic acids is 3. The van der Waals surface area contributed by atoms with Gasteiger partial charge < -0.3 is 21.3 Å². The van der Waals surface area contributed by atoms with Crippen LogP contribution in [-0.2, 0) is 6.54 Å². The van der Waals surface area contributed by atoms with Crippen LogP contribution in [0.5, 0.6) is 0 Å². The number of hydrogen-bond donors (Lipinski definition) is 3. The summed E-state index contributed by atoms with van der Waals surface area (Å²) in [5, 5.41) is 6.09. The van der Waals surface area contributed by atoms with Crippen molar-refractivity contribution >= 4 is 23.5 Å². The van der Waals surface area contributed by atoms with Gasteiger partial charge in [0.05, 0.1) is 5.56 Å². The molecule has 2 aliphatic heterocycles. The number of nitrogens with one attached hydrogen (secondary N) is 2. The predicted octanol–water partition coefficient (Wildman–Crippen LogP) is 3.04. The summed E-state index contributed by atoms with van der Waals surface area (Å²) in [5.74, 6) is 0.0632. The van der Waals surface area contributed by atoms with Crippen molar-refractivity contribution in [3.8, 4) is 0 Å². The van der Waals surface area contributed by atoms with Crippen LogP contribution in [-0.4, -0.2) is 40.8 Å². The Bertz CT molecular complexity index is 1230. The molecular formula is C28H29N5O3. The van der Waals surface area contributed by atoms with E-state index in [9.17, 15) is 14.4 Å². The maximum Gasteiger partial charge on any atom is 0.253 e. The molecular weight excluding hydrogens is 454 g/mol. The summed E-state index contributed by atoms with van der Waals surface area (Å²) in [6.45, 7) is 0.472. The number of carbonyl (C=O) groups is 3. The van der Waals surface area contributed by atoms with Gasteiger partial charge in [0.25, 0.3) is 11.8 Å². The number of nitrogens with zero attached hydrogens (tertiary/aromatic N) is 2. The zero-order chi connectivity index (χ0) is 25.1. The molecule has 0 spiro atoms. The normalized spacial score (nSPS) is 20.6. The fourth-order valence-corrected chi connectivity index (χ4v) is 5.28. The van der Waals surface area contributed by atoms with E-state index in [0.717, 1.165) is 37.1 Å². The Hall–Kier alpha value is -4.20. The van der Waals surface area contributed by atoms with Crippen molar-refractivity contribution in [3.05, 3.63) is 95.2 Å². The number of amides is 3. The quantitative estimate of drug-likeness (QED) is 0.478. The molecule has 4 N–H and O–H groups in total. The Kier molecular flexibility index (Phi) is 6.66. The van der Waals surface area contributed by atoms with Crippen LogP contribution in [0.3, 0.4) is 0 Å². The topological polar surface area (TPSA) is 117 Å². The molecule has 2 unspecified atom stereocenters. The Morgan fingerprint density at radius 1 is 0.833 bits per heavy atom. The fourth-order valence-electron chi connectivity index (χ4n) is 5.28. The first-order chi connectivity index (χ1) is 17.5. The minimum atomic E-state index is -0.514. The second-order valence-electron chi connectivity index (χ2n) is 9.45. The number of nitrogens with two attached hydrogens (primary N) is 1. The van der Waals surface area contributed by atoms with Crippen LogP contribution in [0.4, 0.5) is 5.82 Å². The van der Waals surface area contributed by atoms with Gasteiger partial charge in [-0.3, -0.25) is 14.4 Å². The van der Waals surface area contributed by atoms with Gasteiger partial charge in [0.1, 0.15) is 5.82 Å². The number of aromatic nitrogens is 1. The van der Waals surface area contributed by atoms with Gasteiger partial charge >= 0.3 is 0 Å².